The fraction of sp³-hybridized carbons (Fsp3) is 0.261. The van der Waals surface area contributed by atoms with Crippen LogP contribution in [0, 0.1) is 11.6 Å². The van der Waals surface area contributed by atoms with Gasteiger partial charge in [-0.2, -0.15) is 5.10 Å². The number of halogens is 2. The number of anilines is 1. The number of nitrogens with zero attached hydrogens (tertiary/aromatic N) is 4. The Morgan fingerprint density at radius 3 is 2.90 bits per heavy atom. The van der Waals surface area contributed by atoms with Gasteiger partial charge in [0.1, 0.15) is 17.5 Å². The summed E-state index contributed by atoms with van der Waals surface area (Å²) in [5.41, 5.74) is 2.05. The molecule has 0 unspecified atom stereocenters. The molecule has 4 aromatic rings. The van der Waals surface area contributed by atoms with E-state index in [0.717, 1.165) is 17.9 Å². The van der Waals surface area contributed by atoms with Crippen LogP contribution < -0.4 is 4.90 Å². The average molecular weight is 422 g/mol. The molecule has 5 rings (SSSR count). The first kappa shape index (κ1) is 19.4. The fourth-order valence-corrected chi connectivity index (χ4v) is 4.22. The van der Waals surface area contributed by atoms with Crippen LogP contribution in [0.1, 0.15) is 41.7 Å². The molecule has 1 atom stereocenters. The molecule has 1 saturated heterocycles. The van der Waals surface area contributed by atoms with Gasteiger partial charge in [-0.3, -0.25) is 0 Å². The van der Waals surface area contributed by atoms with E-state index in [0.29, 0.717) is 47.7 Å². The predicted molar refractivity (Wildman–Crippen MR) is 112 cm³/mol. The Morgan fingerprint density at radius 1 is 1.19 bits per heavy atom. The Balaban J connectivity index is 1.58. The zero-order chi connectivity index (χ0) is 21.5. The van der Waals surface area contributed by atoms with Crippen molar-refractivity contribution in [3.8, 4) is 0 Å². The summed E-state index contributed by atoms with van der Waals surface area (Å²) in [5, 5.41) is 5.23. The van der Waals surface area contributed by atoms with Crippen molar-refractivity contribution in [3.63, 3.8) is 0 Å². The van der Waals surface area contributed by atoms with E-state index < -0.39 is 17.6 Å². The van der Waals surface area contributed by atoms with Crippen molar-refractivity contribution in [3.05, 3.63) is 71.4 Å². The second-order valence-corrected chi connectivity index (χ2v) is 7.52. The van der Waals surface area contributed by atoms with Crippen molar-refractivity contribution in [2.24, 2.45) is 0 Å². The molecule has 158 valence electrons. The Hall–Kier alpha value is -3.55. The van der Waals surface area contributed by atoms with Crippen LogP contribution in [0.15, 0.2) is 48.7 Å². The highest BCUT2D eigenvalue weighted by Gasteiger charge is 2.30. The SMILES string of the molecule is CCOC(=O)c1ccc2nn3ccc(N4CCC[C@@H]4c4cc(F)ccc4F)nc3c2c1. The van der Waals surface area contributed by atoms with E-state index in [1.807, 2.05) is 11.0 Å². The van der Waals surface area contributed by atoms with Crippen LogP contribution in [-0.2, 0) is 4.74 Å². The molecule has 1 aliphatic heterocycles. The van der Waals surface area contributed by atoms with Gasteiger partial charge in [-0.15, -0.1) is 0 Å². The largest absolute Gasteiger partial charge is 0.462 e. The van der Waals surface area contributed by atoms with E-state index in [-0.39, 0.29) is 6.04 Å². The number of hydrogen-bond acceptors (Lipinski definition) is 5. The lowest BCUT2D eigenvalue weighted by Gasteiger charge is -2.26. The monoisotopic (exact) mass is 422 g/mol. The van der Waals surface area contributed by atoms with Gasteiger partial charge in [-0.1, -0.05) is 0 Å². The first-order chi connectivity index (χ1) is 15.0. The number of benzene rings is 2. The third-order valence-electron chi connectivity index (χ3n) is 5.63. The van der Waals surface area contributed by atoms with Gasteiger partial charge in [0, 0.05) is 23.7 Å². The molecule has 0 amide bonds. The molecule has 1 aliphatic rings. The smallest absolute Gasteiger partial charge is 0.338 e. The van der Waals surface area contributed by atoms with Crippen molar-refractivity contribution >= 4 is 28.3 Å². The maximum atomic E-state index is 14.4. The van der Waals surface area contributed by atoms with Crippen LogP contribution in [0.25, 0.3) is 16.6 Å². The van der Waals surface area contributed by atoms with Gasteiger partial charge in [0.05, 0.1) is 23.7 Å². The summed E-state index contributed by atoms with van der Waals surface area (Å²) in [7, 11) is 0. The van der Waals surface area contributed by atoms with Crippen LogP contribution in [0.4, 0.5) is 14.6 Å². The molecule has 0 spiro atoms. The van der Waals surface area contributed by atoms with Crippen molar-refractivity contribution in [2.45, 2.75) is 25.8 Å². The second-order valence-electron chi connectivity index (χ2n) is 7.52. The third-order valence-corrected chi connectivity index (χ3v) is 5.63. The number of ether oxygens (including phenoxy) is 1. The molecule has 1 fully saturated rings. The van der Waals surface area contributed by atoms with Gasteiger partial charge in [0.2, 0.25) is 0 Å². The van der Waals surface area contributed by atoms with E-state index in [2.05, 4.69) is 5.10 Å². The number of fused-ring (bicyclic) bond motifs is 3. The summed E-state index contributed by atoms with van der Waals surface area (Å²) in [6.07, 6.45) is 3.35. The molecule has 3 heterocycles. The summed E-state index contributed by atoms with van der Waals surface area (Å²) < 4.78 is 35.0. The van der Waals surface area contributed by atoms with Crippen LogP contribution >= 0.6 is 0 Å². The van der Waals surface area contributed by atoms with Gasteiger partial charge in [-0.25, -0.2) is 23.1 Å². The summed E-state index contributed by atoms with van der Waals surface area (Å²) in [6.45, 7) is 2.73. The Morgan fingerprint density at radius 2 is 2.06 bits per heavy atom. The minimum Gasteiger partial charge on any atom is -0.462 e. The standard InChI is InChI=1S/C23H20F2N4O2/c1-2-31-23(30)14-5-8-19-17(12-14)22-26-21(9-11-29(22)27-19)28-10-3-4-20(28)16-13-15(24)6-7-18(16)25/h5-9,11-13,20H,2-4,10H2,1H3/t20-/m1/s1. The van der Waals surface area contributed by atoms with Crippen molar-refractivity contribution < 1.29 is 18.3 Å². The summed E-state index contributed by atoms with van der Waals surface area (Å²) in [6, 6.07) is 10.2. The minimum atomic E-state index is -0.458. The molecule has 0 bridgehead atoms. The molecule has 31 heavy (non-hydrogen) atoms. The minimum absolute atomic E-state index is 0.293. The molecule has 2 aromatic carbocycles. The first-order valence-corrected chi connectivity index (χ1v) is 10.2. The van der Waals surface area contributed by atoms with Gasteiger partial charge in [0.15, 0.2) is 5.65 Å². The zero-order valence-corrected chi connectivity index (χ0v) is 16.9. The number of rotatable bonds is 4. The molecule has 6 nitrogen and oxygen atoms in total. The number of aromatic nitrogens is 3. The highest BCUT2D eigenvalue weighted by molar-refractivity contribution is 5.99. The summed E-state index contributed by atoms with van der Waals surface area (Å²) >= 11 is 0. The molecule has 0 aliphatic carbocycles. The zero-order valence-electron chi connectivity index (χ0n) is 16.9. The average Bonchev–Trinajstić information content (AvgIpc) is 3.39. The fourth-order valence-electron chi connectivity index (χ4n) is 4.22. The molecular weight excluding hydrogens is 402 g/mol. The summed E-state index contributed by atoms with van der Waals surface area (Å²) in [4.78, 5) is 18.9. The maximum Gasteiger partial charge on any atom is 0.338 e. The number of carbonyl (C=O) groups excluding carboxylic acids is 1. The molecule has 0 N–H and O–H groups in total. The lowest BCUT2D eigenvalue weighted by atomic mass is 10.0. The van der Waals surface area contributed by atoms with E-state index in [1.165, 1.54) is 12.1 Å². The number of esters is 1. The molecule has 8 heteroatoms. The Labute approximate surface area is 177 Å². The van der Waals surface area contributed by atoms with Crippen molar-refractivity contribution in [1.82, 2.24) is 14.6 Å². The second kappa shape index (κ2) is 7.61. The lowest BCUT2D eigenvalue weighted by molar-refractivity contribution is 0.0526. The quantitative estimate of drug-likeness (QED) is 0.447. The topological polar surface area (TPSA) is 59.7 Å². The molecule has 0 radical (unpaired) electrons. The van der Waals surface area contributed by atoms with Crippen LogP contribution in [0.2, 0.25) is 0 Å². The van der Waals surface area contributed by atoms with Crippen molar-refractivity contribution in [2.75, 3.05) is 18.1 Å². The highest BCUT2D eigenvalue weighted by atomic mass is 19.1. The predicted octanol–water partition coefficient (Wildman–Crippen LogP) is 4.68. The van der Waals surface area contributed by atoms with E-state index in [9.17, 15) is 13.6 Å². The summed E-state index contributed by atoms with van der Waals surface area (Å²) in [5.74, 6) is -0.628. The van der Waals surface area contributed by atoms with Gasteiger partial charge in [-0.05, 0) is 62.2 Å². The molecule has 2 aromatic heterocycles. The van der Waals surface area contributed by atoms with Crippen molar-refractivity contribution in [1.29, 1.82) is 0 Å². The van der Waals surface area contributed by atoms with E-state index >= 15 is 0 Å². The van der Waals surface area contributed by atoms with E-state index in [1.54, 1.807) is 35.8 Å². The highest BCUT2D eigenvalue weighted by Crippen LogP contribution is 2.37. The molecular formula is C23H20F2N4O2. The Kier molecular flexibility index (Phi) is 4.77. The van der Waals surface area contributed by atoms with Gasteiger partial charge >= 0.3 is 5.97 Å². The number of carbonyl (C=O) groups is 1. The third kappa shape index (κ3) is 3.37. The molecule has 0 saturated carbocycles. The number of hydrogen-bond donors (Lipinski definition) is 0. The van der Waals surface area contributed by atoms with Gasteiger partial charge in [0.25, 0.3) is 0 Å². The van der Waals surface area contributed by atoms with Gasteiger partial charge < -0.3 is 9.64 Å². The van der Waals surface area contributed by atoms with Crippen LogP contribution in [0.3, 0.4) is 0 Å². The maximum absolute atomic E-state index is 14.4. The van der Waals surface area contributed by atoms with Crippen LogP contribution in [0.5, 0.6) is 0 Å². The lowest BCUT2D eigenvalue weighted by Crippen LogP contribution is -2.24. The first-order valence-electron chi connectivity index (χ1n) is 10.2. The normalized spacial score (nSPS) is 16.4. The van der Waals surface area contributed by atoms with Crippen LogP contribution in [-0.4, -0.2) is 33.7 Å². The Bertz CT molecular complexity index is 1300. The van der Waals surface area contributed by atoms with E-state index in [4.69, 9.17) is 9.72 Å².